The highest BCUT2D eigenvalue weighted by atomic mass is 16.5. The molecule has 0 bridgehead atoms. The van der Waals surface area contributed by atoms with Crippen LogP contribution in [0, 0.1) is 6.92 Å². The van der Waals surface area contributed by atoms with Gasteiger partial charge < -0.3 is 10.1 Å². The molecule has 0 saturated heterocycles. The lowest BCUT2D eigenvalue weighted by Gasteiger charge is -2.07. The lowest BCUT2D eigenvalue weighted by atomic mass is 10.1. The molecule has 6 heteroatoms. The Balaban J connectivity index is 1.36. The van der Waals surface area contributed by atoms with E-state index in [2.05, 4.69) is 15.6 Å². The van der Waals surface area contributed by atoms with Gasteiger partial charge in [-0.25, -0.2) is 4.68 Å². The van der Waals surface area contributed by atoms with E-state index < -0.39 is 0 Å². The molecule has 1 amide bonds. The number of benzene rings is 3. The van der Waals surface area contributed by atoms with Crippen molar-refractivity contribution in [3.8, 4) is 5.75 Å². The number of aryl methyl sites for hydroxylation is 1. The molecule has 0 aliphatic carbocycles. The number of nitrogens with zero attached hydrogens (tertiary/aromatic N) is 3. The van der Waals surface area contributed by atoms with E-state index in [-0.39, 0.29) is 19.1 Å². The lowest BCUT2D eigenvalue weighted by molar-refractivity contribution is -0.116. The van der Waals surface area contributed by atoms with Crippen LogP contribution in [0.25, 0.3) is 10.8 Å². The van der Waals surface area contributed by atoms with Crippen molar-refractivity contribution in [3.63, 3.8) is 0 Å². The van der Waals surface area contributed by atoms with Crippen LogP contribution in [0.15, 0.2) is 72.9 Å². The van der Waals surface area contributed by atoms with Gasteiger partial charge in [0.05, 0.1) is 6.20 Å². The van der Waals surface area contributed by atoms with Gasteiger partial charge in [-0.3, -0.25) is 4.79 Å². The summed E-state index contributed by atoms with van der Waals surface area (Å²) < 4.78 is 7.42. The topological polar surface area (TPSA) is 69.0 Å². The average Bonchev–Trinajstić information content (AvgIpc) is 3.15. The number of aromatic nitrogens is 3. The Hall–Kier alpha value is -3.67. The molecule has 1 N–H and O–H groups in total. The second-order valence-corrected chi connectivity index (χ2v) is 6.59. The first-order chi connectivity index (χ1) is 13.7. The Morgan fingerprint density at radius 2 is 1.82 bits per heavy atom. The second-order valence-electron chi connectivity index (χ2n) is 6.59. The summed E-state index contributed by atoms with van der Waals surface area (Å²) in [4.78, 5) is 12.2. The number of nitrogens with one attached hydrogen (secondary N) is 1. The van der Waals surface area contributed by atoms with E-state index in [9.17, 15) is 4.79 Å². The predicted molar refractivity (Wildman–Crippen MR) is 108 cm³/mol. The van der Waals surface area contributed by atoms with E-state index in [4.69, 9.17) is 4.74 Å². The normalized spacial score (nSPS) is 10.8. The van der Waals surface area contributed by atoms with Crippen LogP contribution in [-0.4, -0.2) is 20.9 Å². The summed E-state index contributed by atoms with van der Waals surface area (Å²) >= 11 is 0. The van der Waals surface area contributed by atoms with Gasteiger partial charge in [0.15, 0.2) is 0 Å². The first kappa shape index (κ1) is 17.7. The molecule has 6 nitrogen and oxygen atoms in total. The van der Waals surface area contributed by atoms with Crippen molar-refractivity contribution in [2.45, 2.75) is 20.1 Å². The molecule has 1 heterocycles. The van der Waals surface area contributed by atoms with Crippen LogP contribution in [0.4, 0.5) is 5.69 Å². The summed E-state index contributed by atoms with van der Waals surface area (Å²) in [5, 5.41) is 13.1. The number of amides is 1. The summed E-state index contributed by atoms with van der Waals surface area (Å²) in [6.45, 7) is 2.38. The third-order valence-electron chi connectivity index (χ3n) is 4.35. The molecule has 4 aromatic rings. The number of carbonyl (C=O) groups excluding carboxylic acids is 1. The van der Waals surface area contributed by atoms with E-state index in [1.165, 1.54) is 4.68 Å². The first-order valence-electron chi connectivity index (χ1n) is 9.03. The minimum Gasteiger partial charge on any atom is -0.487 e. The van der Waals surface area contributed by atoms with Crippen molar-refractivity contribution in [2.75, 3.05) is 5.32 Å². The van der Waals surface area contributed by atoms with Crippen LogP contribution in [0.3, 0.4) is 0 Å². The molecule has 0 unspecified atom stereocenters. The minimum absolute atomic E-state index is 0.0924. The summed E-state index contributed by atoms with van der Waals surface area (Å²) in [5.74, 6) is 0.639. The molecular weight excluding hydrogens is 352 g/mol. The maximum atomic E-state index is 12.2. The smallest absolute Gasteiger partial charge is 0.246 e. The number of anilines is 1. The van der Waals surface area contributed by atoms with Gasteiger partial charge in [-0.05, 0) is 30.5 Å². The monoisotopic (exact) mass is 372 g/mol. The zero-order valence-corrected chi connectivity index (χ0v) is 15.5. The minimum atomic E-state index is -0.157. The standard InChI is InChI=1S/C22H20N4O2/c1-16-9-11-18(12-10-16)23-22(27)14-26-13-19(24-25-26)15-28-21-8-4-6-17-5-2-3-7-20(17)21/h2-13H,14-15H2,1H3,(H,23,27). The largest absolute Gasteiger partial charge is 0.487 e. The quantitative estimate of drug-likeness (QED) is 0.556. The Labute approximate surface area is 162 Å². The van der Waals surface area contributed by atoms with Gasteiger partial charge >= 0.3 is 0 Å². The molecular formula is C22H20N4O2. The average molecular weight is 372 g/mol. The zero-order chi connectivity index (χ0) is 19.3. The Bertz CT molecular complexity index is 1100. The van der Waals surface area contributed by atoms with Gasteiger partial charge in [-0.2, -0.15) is 0 Å². The fourth-order valence-corrected chi connectivity index (χ4v) is 2.94. The zero-order valence-electron chi connectivity index (χ0n) is 15.5. The molecule has 3 aromatic carbocycles. The van der Waals surface area contributed by atoms with Crippen LogP contribution in [-0.2, 0) is 17.9 Å². The fourth-order valence-electron chi connectivity index (χ4n) is 2.94. The van der Waals surface area contributed by atoms with Crippen molar-refractivity contribution >= 4 is 22.4 Å². The van der Waals surface area contributed by atoms with Crippen LogP contribution < -0.4 is 10.1 Å². The maximum absolute atomic E-state index is 12.2. The lowest BCUT2D eigenvalue weighted by Crippen LogP contribution is -2.19. The number of carbonyl (C=O) groups is 1. The van der Waals surface area contributed by atoms with Gasteiger partial charge in [0.25, 0.3) is 0 Å². The van der Waals surface area contributed by atoms with Crippen molar-refractivity contribution in [3.05, 3.63) is 84.2 Å². The number of rotatable bonds is 6. The summed E-state index contributed by atoms with van der Waals surface area (Å²) in [7, 11) is 0. The number of ether oxygens (including phenoxy) is 1. The Kier molecular flexibility index (Phi) is 5.01. The highest BCUT2D eigenvalue weighted by molar-refractivity contribution is 5.90. The molecule has 0 saturated carbocycles. The third kappa shape index (κ3) is 4.17. The second kappa shape index (κ2) is 7.92. The predicted octanol–water partition coefficient (Wildman–Crippen LogP) is 3.96. The molecule has 140 valence electrons. The van der Waals surface area contributed by atoms with E-state index in [0.29, 0.717) is 5.69 Å². The summed E-state index contributed by atoms with van der Waals surface area (Å²) in [6, 6.07) is 21.6. The third-order valence-corrected chi connectivity index (χ3v) is 4.35. The summed E-state index contributed by atoms with van der Waals surface area (Å²) in [5.41, 5.74) is 2.57. The molecule has 0 aliphatic rings. The van der Waals surface area contributed by atoms with Gasteiger partial charge in [0.1, 0.15) is 24.6 Å². The number of hydrogen-bond donors (Lipinski definition) is 1. The van der Waals surface area contributed by atoms with Gasteiger partial charge in [-0.15, -0.1) is 5.10 Å². The Morgan fingerprint density at radius 3 is 2.68 bits per heavy atom. The molecule has 0 fully saturated rings. The molecule has 0 radical (unpaired) electrons. The van der Waals surface area contributed by atoms with Crippen molar-refractivity contribution in [1.82, 2.24) is 15.0 Å². The molecule has 0 aliphatic heterocycles. The van der Waals surface area contributed by atoms with Crippen LogP contribution in [0.2, 0.25) is 0 Å². The molecule has 28 heavy (non-hydrogen) atoms. The maximum Gasteiger partial charge on any atom is 0.246 e. The summed E-state index contributed by atoms with van der Waals surface area (Å²) in [6.07, 6.45) is 1.72. The first-order valence-corrected chi connectivity index (χ1v) is 9.03. The Morgan fingerprint density at radius 1 is 1.04 bits per heavy atom. The van der Waals surface area contributed by atoms with Crippen molar-refractivity contribution in [1.29, 1.82) is 0 Å². The van der Waals surface area contributed by atoms with Crippen molar-refractivity contribution in [2.24, 2.45) is 0 Å². The van der Waals surface area contributed by atoms with Crippen LogP contribution in [0.5, 0.6) is 5.75 Å². The SMILES string of the molecule is Cc1ccc(NC(=O)Cn2cc(COc3cccc4ccccc34)nn2)cc1. The molecule has 1 aromatic heterocycles. The number of fused-ring (bicyclic) bond motifs is 1. The highest BCUT2D eigenvalue weighted by Gasteiger charge is 2.08. The van der Waals surface area contributed by atoms with E-state index in [1.54, 1.807) is 6.20 Å². The van der Waals surface area contributed by atoms with Gasteiger partial charge in [-0.1, -0.05) is 59.3 Å². The van der Waals surface area contributed by atoms with E-state index >= 15 is 0 Å². The van der Waals surface area contributed by atoms with E-state index in [0.717, 1.165) is 27.8 Å². The molecule has 4 rings (SSSR count). The fraction of sp³-hybridized carbons (Fsp3) is 0.136. The highest BCUT2D eigenvalue weighted by Crippen LogP contribution is 2.25. The molecule has 0 spiro atoms. The molecule has 0 atom stereocenters. The van der Waals surface area contributed by atoms with Gasteiger partial charge in [0, 0.05) is 11.1 Å². The van der Waals surface area contributed by atoms with E-state index in [1.807, 2.05) is 73.7 Å². The van der Waals surface area contributed by atoms with Crippen molar-refractivity contribution < 1.29 is 9.53 Å². The number of hydrogen-bond acceptors (Lipinski definition) is 4. The van der Waals surface area contributed by atoms with Crippen LogP contribution in [0.1, 0.15) is 11.3 Å². The van der Waals surface area contributed by atoms with Crippen LogP contribution >= 0.6 is 0 Å². The van der Waals surface area contributed by atoms with Gasteiger partial charge in [0.2, 0.25) is 5.91 Å².